The van der Waals surface area contributed by atoms with Crippen molar-refractivity contribution in [3.05, 3.63) is 0 Å². The van der Waals surface area contributed by atoms with Crippen molar-refractivity contribution in [1.82, 2.24) is 74.0 Å². The molecule has 0 aromatic rings. The SMILES string of the molecule is CCCCCC(=O)N[C@@H](CC(C)C)C(=O)N[C@H](C(=O)N1CCC[C@H]1C(=O)N[C@H](C(=O)N[C@@H](CCC(N)=O)C(=O)N[C@@H](C)C(=O)N[C@@H](CCCCN)C(=O)N[C@@H](C)C(=O)N[C@@H](C)C(=O)N[C@@H](CO)C(=O)N[C@@H](CCCCN)C(=O)N[C@H](C(=O)N[C@@H](CC(=O)O)C(=O)N[C@@H](CC(=O)O)C(=O)O)[C@@H](C)CC)[C@@H](C)O)[C@@H](C)O. The number of hydrogen-bond donors (Lipinski definition) is 22. The molecule has 15 amide bonds. The number of carboxylic acid groups (broad SMARTS) is 3. The molecule has 1 rings (SSSR count). The summed E-state index contributed by atoms with van der Waals surface area (Å²) in [6, 6.07) is -22.3. The number of likely N-dealkylation sites (tertiary alicyclic amines) is 1. The highest BCUT2D eigenvalue weighted by molar-refractivity contribution is 6.01. The second-order valence-electron chi connectivity index (χ2n) is 27.6. The van der Waals surface area contributed by atoms with Crippen LogP contribution in [0.3, 0.4) is 0 Å². The van der Waals surface area contributed by atoms with E-state index in [2.05, 4.69) is 63.8 Å². The van der Waals surface area contributed by atoms with Crippen molar-refractivity contribution in [2.75, 3.05) is 26.2 Å². The first kappa shape index (κ1) is 97.3. The van der Waals surface area contributed by atoms with Crippen molar-refractivity contribution in [2.45, 2.75) is 282 Å². The monoisotopic (exact) mass is 1560 g/mol. The van der Waals surface area contributed by atoms with E-state index < -0.39 is 236 Å². The minimum Gasteiger partial charge on any atom is -0.481 e. The topological polar surface area (TPSA) is 666 Å². The quantitative estimate of drug-likeness (QED) is 0.0252. The van der Waals surface area contributed by atoms with Crippen LogP contribution >= 0.6 is 0 Å². The normalized spacial score (nSPS) is 17.0. The lowest BCUT2D eigenvalue weighted by Crippen LogP contribution is -2.62. The Morgan fingerprint density at radius 1 is 0.431 bits per heavy atom. The molecule has 41 nitrogen and oxygen atoms in total. The molecule has 41 heteroatoms. The average molecular weight is 1560 g/mol. The summed E-state index contributed by atoms with van der Waals surface area (Å²) < 4.78 is 0. The predicted molar refractivity (Wildman–Crippen MR) is 387 cm³/mol. The molecule has 1 saturated heterocycles. The molecule has 1 aliphatic rings. The summed E-state index contributed by atoms with van der Waals surface area (Å²) in [5.41, 5.74) is 16.8. The Bertz CT molecular complexity index is 3120. The molecule has 0 unspecified atom stereocenters. The zero-order valence-corrected chi connectivity index (χ0v) is 63.7. The lowest BCUT2D eigenvalue weighted by Gasteiger charge is -2.32. The Morgan fingerprint density at radius 3 is 1.31 bits per heavy atom. The Hall–Kier alpha value is -9.74. The molecule has 0 bridgehead atoms. The number of primary amides is 1. The number of hydrogen-bond acceptors (Lipinski definition) is 23. The number of nitrogens with two attached hydrogens (primary N) is 3. The summed E-state index contributed by atoms with van der Waals surface area (Å²) in [5, 5.41) is 90.8. The van der Waals surface area contributed by atoms with Gasteiger partial charge in [-0.3, -0.25) is 81.5 Å². The van der Waals surface area contributed by atoms with Gasteiger partial charge in [-0.2, -0.15) is 0 Å². The first-order valence-corrected chi connectivity index (χ1v) is 36.7. The maximum absolute atomic E-state index is 14.1. The third-order valence-electron chi connectivity index (χ3n) is 17.7. The van der Waals surface area contributed by atoms with Gasteiger partial charge in [-0.1, -0.05) is 53.9 Å². The smallest absolute Gasteiger partial charge is 0.326 e. The van der Waals surface area contributed by atoms with E-state index in [1.54, 1.807) is 6.92 Å². The van der Waals surface area contributed by atoms with Crippen LogP contribution in [0.25, 0.3) is 0 Å². The molecule has 25 N–H and O–H groups in total. The second-order valence-corrected chi connectivity index (χ2v) is 27.6. The summed E-state index contributed by atoms with van der Waals surface area (Å²) in [7, 11) is 0. The first-order valence-electron chi connectivity index (χ1n) is 36.7. The van der Waals surface area contributed by atoms with Crippen LogP contribution in [0.2, 0.25) is 0 Å². The Kier molecular flexibility index (Phi) is 44.7. The zero-order chi connectivity index (χ0) is 83.1. The van der Waals surface area contributed by atoms with Gasteiger partial charge in [0.05, 0.1) is 31.7 Å². The van der Waals surface area contributed by atoms with Gasteiger partial charge in [0, 0.05) is 19.4 Å². The average Bonchev–Trinajstić information content (AvgIpc) is 1.72. The van der Waals surface area contributed by atoms with Crippen LogP contribution in [-0.2, 0) is 86.3 Å². The highest BCUT2D eigenvalue weighted by atomic mass is 16.4. The van der Waals surface area contributed by atoms with Crippen LogP contribution in [0, 0.1) is 11.8 Å². The Labute approximate surface area is 632 Å². The highest BCUT2D eigenvalue weighted by Crippen LogP contribution is 2.21. The molecule has 0 aliphatic carbocycles. The van der Waals surface area contributed by atoms with Crippen molar-refractivity contribution in [3.8, 4) is 0 Å². The zero-order valence-electron chi connectivity index (χ0n) is 63.7. The molecule has 0 radical (unpaired) electrons. The molecule has 618 valence electrons. The molecule has 1 fully saturated rings. The van der Waals surface area contributed by atoms with E-state index in [0.29, 0.717) is 19.3 Å². The number of carboxylic acids is 3. The van der Waals surface area contributed by atoms with E-state index >= 15 is 0 Å². The molecule has 1 aliphatic heterocycles. The minimum absolute atomic E-state index is 0.0302. The molecule has 0 spiro atoms. The highest BCUT2D eigenvalue weighted by Gasteiger charge is 2.43. The standard InChI is InChI=1S/C68H117N17O24/c1-11-13-14-23-49(90)75-43(29-33(3)4)62(102)84-54(39(10)88)67(107)85-28-19-22-47(85)64(104)83-53(38(9)87)66(106)78-42(24-25-48(71)89)59(99)74-37(8)56(96)76-40(20-15-17-26-69)58(98)73-35(6)55(95)72-36(7)57(97)81-46(32-86)63(103)77-41(21-16-18-27-70)60(100)82-52(34(5)12-2)65(105)79-44(30-50(91)92)61(101)80-45(68(108)109)31-51(93)94/h33-47,52-54,86-88H,11-32,69-70H2,1-10H3,(H2,71,89)(H,72,95)(H,73,98)(H,74,99)(H,75,90)(H,76,96)(H,77,103)(H,78,106)(H,79,105)(H,80,101)(H,81,97)(H,82,100)(H,83,104)(H,84,102)(H,91,92)(H,93,94)(H,108,109)/t34-,35-,36-,37-,38+,39+,40-,41-,42-,43-,44-,45-,46-,47-,52-,53-,54-/m0/s1. The van der Waals surface area contributed by atoms with Gasteiger partial charge in [-0.05, 0) is 130 Å². The van der Waals surface area contributed by atoms with Crippen LogP contribution in [-0.4, -0.2) is 265 Å². The lowest BCUT2D eigenvalue weighted by atomic mass is 9.96. The number of carbonyl (C=O) groups excluding carboxylic acids is 15. The number of amides is 15. The summed E-state index contributed by atoms with van der Waals surface area (Å²) in [5.74, 6) is -20.7. The van der Waals surface area contributed by atoms with Gasteiger partial charge in [0.2, 0.25) is 88.6 Å². The third kappa shape index (κ3) is 35.5. The fourth-order valence-electron chi connectivity index (χ4n) is 11.1. The minimum atomic E-state index is -2.03. The fraction of sp³-hybridized carbons (Fsp3) is 0.735. The molecule has 109 heavy (non-hydrogen) atoms. The second kappa shape index (κ2) is 50.1. The van der Waals surface area contributed by atoms with Gasteiger partial charge in [0.15, 0.2) is 0 Å². The number of unbranched alkanes of at least 4 members (excludes halogenated alkanes) is 4. The van der Waals surface area contributed by atoms with Gasteiger partial charge < -0.3 is 122 Å². The van der Waals surface area contributed by atoms with Crippen molar-refractivity contribution in [2.24, 2.45) is 29.0 Å². The number of nitrogens with zero attached hydrogens (tertiary/aromatic N) is 1. The predicted octanol–water partition coefficient (Wildman–Crippen LogP) is -6.68. The number of aliphatic hydroxyl groups excluding tert-OH is 3. The van der Waals surface area contributed by atoms with Crippen LogP contribution in [0.5, 0.6) is 0 Å². The lowest BCUT2D eigenvalue weighted by molar-refractivity contribution is -0.148. The number of rotatable bonds is 53. The summed E-state index contributed by atoms with van der Waals surface area (Å²) in [6.07, 6.45) is -2.48. The molecule has 17 atom stereocenters. The van der Waals surface area contributed by atoms with E-state index in [1.165, 1.54) is 34.6 Å². The maximum atomic E-state index is 14.1. The molecule has 0 aromatic heterocycles. The van der Waals surface area contributed by atoms with Gasteiger partial charge in [0.1, 0.15) is 84.6 Å². The number of carbonyl (C=O) groups is 18. The summed E-state index contributed by atoms with van der Waals surface area (Å²) in [4.78, 5) is 240. The first-order chi connectivity index (χ1) is 51.1. The van der Waals surface area contributed by atoms with Crippen LogP contribution in [0.15, 0.2) is 0 Å². The summed E-state index contributed by atoms with van der Waals surface area (Å²) >= 11 is 0. The van der Waals surface area contributed by atoms with Crippen LogP contribution in [0.1, 0.15) is 185 Å². The van der Waals surface area contributed by atoms with Crippen molar-refractivity contribution in [3.63, 3.8) is 0 Å². The maximum Gasteiger partial charge on any atom is 0.326 e. The summed E-state index contributed by atoms with van der Waals surface area (Å²) in [6.45, 7) is 13.9. The molecule has 1 heterocycles. The van der Waals surface area contributed by atoms with E-state index in [-0.39, 0.29) is 89.2 Å². The van der Waals surface area contributed by atoms with E-state index in [0.717, 1.165) is 24.7 Å². The van der Waals surface area contributed by atoms with Crippen LogP contribution < -0.4 is 86.3 Å². The molecule has 0 saturated carbocycles. The molecular formula is C68H117N17O24. The van der Waals surface area contributed by atoms with Crippen molar-refractivity contribution in [1.29, 1.82) is 0 Å². The number of aliphatic hydroxyl groups is 3. The number of aliphatic carboxylic acids is 3. The van der Waals surface area contributed by atoms with Gasteiger partial charge in [-0.15, -0.1) is 0 Å². The Balaban J connectivity index is 3.28. The van der Waals surface area contributed by atoms with Crippen LogP contribution in [0.4, 0.5) is 0 Å². The van der Waals surface area contributed by atoms with E-state index in [9.17, 15) is 112 Å². The fourth-order valence-corrected chi connectivity index (χ4v) is 11.1. The van der Waals surface area contributed by atoms with Crippen molar-refractivity contribution >= 4 is 107 Å². The Morgan fingerprint density at radius 2 is 0.844 bits per heavy atom. The van der Waals surface area contributed by atoms with Gasteiger partial charge in [-0.25, -0.2) is 4.79 Å². The van der Waals surface area contributed by atoms with E-state index in [4.69, 9.17) is 22.3 Å². The molecule has 0 aromatic carbocycles. The van der Waals surface area contributed by atoms with Crippen molar-refractivity contribution < 1.29 is 117 Å². The van der Waals surface area contributed by atoms with Gasteiger partial charge >= 0.3 is 17.9 Å². The largest absolute Gasteiger partial charge is 0.481 e. The van der Waals surface area contributed by atoms with Gasteiger partial charge in [0.25, 0.3) is 0 Å². The third-order valence-corrected chi connectivity index (χ3v) is 17.7. The number of nitrogens with one attached hydrogen (secondary N) is 13. The van der Waals surface area contributed by atoms with E-state index in [1.807, 2.05) is 26.1 Å². The molecular weight excluding hydrogens is 1440 g/mol.